The Labute approximate surface area is 123 Å². The Hall–Kier alpha value is -0.930. The first kappa shape index (κ1) is 14.0. The summed E-state index contributed by atoms with van der Waals surface area (Å²) in [5, 5.41) is 0. The van der Waals surface area contributed by atoms with E-state index >= 15 is 0 Å². The summed E-state index contributed by atoms with van der Waals surface area (Å²) >= 11 is 0. The van der Waals surface area contributed by atoms with E-state index in [0.717, 1.165) is 0 Å². The molecule has 3 rings (SSSR count). The molecule has 0 amide bonds. The maximum Gasteiger partial charge on any atom is 0.0575 e. The molecule has 20 heavy (non-hydrogen) atoms. The monoisotopic (exact) mass is 273 g/mol. The van der Waals surface area contributed by atoms with Gasteiger partial charge >= 0.3 is 0 Å². The molecule has 110 valence electrons. The number of rotatable bonds is 5. The standard InChI is InChI=1S/C17H27N3/c1-4-11-19(12-5-1)13-7-15-20-14-6-9-17(20)16-8-2-3-10-18-16/h2-3,8,10,17H,1,4-7,9,11-15H2. The van der Waals surface area contributed by atoms with E-state index in [0.29, 0.717) is 6.04 Å². The van der Waals surface area contributed by atoms with Crippen molar-refractivity contribution in [2.24, 2.45) is 0 Å². The number of hydrogen-bond acceptors (Lipinski definition) is 3. The number of aromatic nitrogens is 1. The van der Waals surface area contributed by atoms with E-state index in [9.17, 15) is 0 Å². The Bertz CT molecular complexity index is 386. The summed E-state index contributed by atoms with van der Waals surface area (Å²) in [5.41, 5.74) is 1.27. The van der Waals surface area contributed by atoms with E-state index in [1.54, 1.807) is 0 Å². The second-order valence-corrected chi connectivity index (χ2v) is 6.20. The van der Waals surface area contributed by atoms with Gasteiger partial charge in [0, 0.05) is 12.7 Å². The molecule has 0 aliphatic carbocycles. The second kappa shape index (κ2) is 7.19. The normalized spacial score (nSPS) is 25.1. The Morgan fingerprint density at radius 1 is 1.00 bits per heavy atom. The van der Waals surface area contributed by atoms with Gasteiger partial charge < -0.3 is 4.90 Å². The third kappa shape index (κ3) is 3.58. The van der Waals surface area contributed by atoms with Crippen LogP contribution in [0.4, 0.5) is 0 Å². The first-order chi connectivity index (χ1) is 9.93. The summed E-state index contributed by atoms with van der Waals surface area (Å²) in [4.78, 5) is 9.85. The first-order valence-electron chi connectivity index (χ1n) is 8.31. The highest BCUT2D eigenvalue weighted by Crippen LogP contribution is 2.30. The molecule has 0 aromatic carbocycles. The fourth-order valence-electron chi connectivity index (χ4n) is 3.68. The van der Waals surface area contributed by atoms with Gasteiger partial charge in [-0.3, -0.25) is 9.88 Å². The van der Waals surface area contributed by atoms with Gasteiger partial charge in [0.25, 0.3) is 0 Å². The lowest BCUT2D eigenvalue weighted by Crippen LogP contribution is -2.33. The van der Waals surface area contributed by atoms with Crippen LogP contribution in [0.15, 0.2) is 24.4 Å². The fourth-order valence-corrected chi connectivity index (χ4v) is 3.68. The van der Waals surface area contributed by atoms with E-state index < -0.39 is 0 Å². The topological polar surface area (TPSA) is 19.4 Å². The zero-order valence-corrected chi connectivity index (χ0v) is 12.5. The van der Waals surface area contributed by atoms with Crippen LogP contribution in [0.2, 0.25) is 0 Å². The van der Waals surface area contributed by atoms with Crippen LogP contribution in [0, 0.1) is 0 Å². The molecule has 2 saturated heterocycles. The minimum Gasteiger partial charge on any atom is -0.303 e. The van der Waals surface area contributed by atoms with E-state index in [1.165, 1.54) is 76.9 Å². The van der Waals surface area contributed by atoms with E-state index in [1.807, 2.05) is 12.3 Å². The number of pyridine rings is 1. The lowest BCUT2D eigenvalue weighted by molar-refractivity contribution is 0.195. The fraction of sp³-hybridized carbons (Fsp3) is 0.706. The summed E-state index contributed by atoms with van der Waals surface area (Å²) < 4.78 is 0. The molecule has 3 heteroatoms. The molecule has 0 saturated carbocycles. The van der Waals surface area contributed by atoms with Crippen molar-refractivity contribution in [2.45, 2.75) is 44.6 Å². The molecule has 1 atom stereocenters. The largest absolute Gasteiger partial charge is 0.303 e. The van der Waals surface area contributed by atoms with Crippen molar-refractivity contribution in [3.63, 3.8) is 0 Å². The van der Waals surface area contributed by atoms with E-state index in [2.05, 4.69) is 26.9 Å². The number of piperidine rings is 1. The minimum absolute atomic E-state index is 0.567. The van der Waals surface area contributed by atoms with Crippen LogP contribution in [0.25, 0.3) is 0 Å². The third-order valence-corrected chi connectivity index (χ3v) is 4.76. The average molecular weight is 273 g/mol. The molecular weight excluding hydrogens is 246 g/mol. The lowest BCUT2D eigenvalue weighted by atomic mass is 10.1. The average Bonchev–Trinajstić information content (AvgIpc) is 2.98. The van der Waals surface area contributed by atoms with Gasteiger partial charge in [-0.2, -0.15) is 0 Å². The van der Waals surface area contributed by atoms with Crippen molar-refractivity contribution in [3.8, 4) is 0 Å². The maximum absolute atomic E-state index is 4.56. The van der Waals surface area contributed by atoms with Crippen molar-refractivity contribution < 1.29 is 0 Å². The summed E-state index contributed by atoms with van der Waals surface area (Å²) in [6.07, 6.45) is 10.1. The molecule has 0 bridgehead atoms. The van der Waals surface area contributed by atoms with Gasteiger partial charge in [0.2, 0.25) is 0 Å². The van der Waals surface area contributed by atoms with Gasteiger partial charge in [0.15, 0.2) is 0 Å². The molecule has 0 N–H and O–H groups in total. The van der Waals surface area contributed by atoms with Gasteiger partial charge in [-0.1, -0.05) is 12.5 Å². The van der Waals surface area contributed by atoms with Crippen molar-refractivity contribution in [1.29, 1.82) is 0 Å². The van der Waals surface area contributed by atoms with Crippen LogP contribution in [0.3, 0.4) is 0 Å². The Morgan fingerprint density at radius 2 is 1.90 bits per heavy atom. The molecule has 1 unspecified atom stereocenters. The zero-order chi connectivity index (χ0) is 13.6. The maximum atomic E-state index is 4.56. The molecule has 0 spiro atoms. The zero-order valence-electron chi connectivity index (χ0n) is 12.5. The smallest absolute Gasteiger partial charge is 0.0575 e. The highest BCUT2D eigenvalue weighted by atomic mass is 15.2. The number of hydrogen-bond donors (Lipinski definition) is 0. The van der Waals surface area contributed by atoms with Crippen LogP contribution in [-0.4, -0.2) is 47.5 Å². The molecule has 2 aliphatic rings. The van der Waals surface area contributed by atoms with Gasteiger partial charge in [-0.15, -0.1) is 0 Å². The van der Waals surface area contributed by atoms with Gasteiger partial charge in [-0.05, 0) is 70.4 Å². The summed E-state index contributed by atoms with van der Waals surface area (Å²) in [6, 6.07) is 6.89. The molecule has 2 aliphatic heterocycles. The summed E-state index contributed by atoms with van der Waals surface area (Å²) in [7, 11) is 0. The highest BCUT2D eigenvalue weighted by Gasteiger charge is 2.26. The molecule has 0 radical (unpaired) electrons. The van der Waals surface area contributed by atoms with E-state index in [-0.39, 0.29) is 0 Å². The van der Waals surface area contributed by atoms with Gasteiger partial charge in [0.05, 0.1) is 11.7 Å². The molecule has 1 aromatic heterocycles. The quantitative estimate of drug-likeness (QED) is 0.822. The van der Waals surface area contributed by atoms with Crippen LogP contribution in [0.1, 0.15) is 50.3 Å². The first-order valence-corrected chi connectivity index (χ1v) is 8.31. The lowest BCUT2D eigenvalue weighted by Gasteiger charge is -2.28. The van der Waals surface area contributed by atoms with Crippen LogP contribution in [-0.2, 0) is 0 Å². The van der Waals surface area contributed by atoms with Gasteiger partial charge in [-0.25, -0.2) is 0 Å². The SMILES string of the molecule is c1ccc(C2CCCN2CCCN2CCCCC2)nc1. The molecular formula is C17H27N3. The van der Waals surface area contributed by atoms with E-state index in [4.69, 9.17) is 0 Å². The highest BCUT2D eigenvalue weighted by molar-refractivity contribution is 5.10. The Balaban J connectivity index is 1.46. The number of likely N-dealkylation sites (tertiary alicyclic amines) is 2. The van der Waals surface area contributed by atoms with Gasteiger partial charge in [0.1, 0.15) is 0 Å². The molecule has 1 aromatic rings. The Morgan fingerprint density at radius 3 is 2.70 bits per heavy atom. The third-order valence-electron chi connectivity index (χ3n) is 4.76. The minimum atomic E-state index is 0.567. The summed E-state index contributed by atoms with van der Waals surface area (Å²) in [5.74, 6) is 0. The predicted octanol–water partition coefficient (Wildman–Crippen LogP) is 3.09. The van der Waals surface area contributed by atoms with Crippen molar-refractivity contribution in [1.82, 2.24) is 14.8 Å². The van der Waals surface area contributed by atoms with Crippen LogP contribution in [0.5, 0.6) is 0 Å². The summed E-state index contributed by atoms with van der Waals surface area (Å²) in [6.45, 7) is 6.41. The van der Waals surface area contributed by atoms with Crippen molar-refractivity contribution >= 4 is 0 Å². The predicted molar refractivity (Wildman–Crippen MR) is 82.7 cm³/mol. The molecule has 3 heterocycles. The van der Waals surface area contributed by atoms with Crippen LogP contribution < -0.4 is 0 Å². The second-order valence-electron chi connectivity index (χ2n) is 6.20. The number of nitrogens with zero attached hydrogens (tertiary/aromatic N) is 3. The van der Waals surface area contributed by atoms with Crippen molar-refractivity contribution in [2.75, 3.05) is 32.7 Å². The Kier molecular flexibility index (Phi) is 5.04. The van der Waals surface area contributed by atoms with Crippen LogP contribution >= 0.6 is 0 Å². The molecule has 2 fully saturated rings. The molecule has 3 nitrogen and oxygen atoms in total. The van der Waals surface area contributed by atoms with Crippen molar-refractivity contribution in [3.05, 3.63) is 30.1 Å².